The first-order valence-corrected chi connectivity index (χ1v) is 4.86. The number of hydrogen-bond donors (Lipinski definition) is 1. The standard InChI is InChI=1S/C11H12F3NO2/c1-7-3-4-9(5-8(7)2)15-10(16)17-6-11(12,13)14/h3-5H,6H2,1-2H3,(H,15,16). The first kappa shape index (κ1) is 13.3. The zero-order valence-electron chi connectivity index (χ0n) is 9.39. The van der Waals surface area contributed by atoms with Crippen LogP contribution in [0.3, 0.4) is 0 Å². The van der Waals surface area contributed by atoms with Crippen LogP contribution in [0.25, 0.3) is 0 Å². The number of alkyl halides is 3. The van der Waals surface area contributed by atoms with Gasteiger partial charge in [-0.15, -0.1) is 0 Å². The summed E-state index contributed by atoms with van der Waals surface area (Å²) in [4.78, 5) is 11.0. The van der Waals surface area contributed by atoms with Gasteiger partial charge in [-0.1, -0.05) is 6.07 Å². The van der Waals surface area contributed by atoms with E-state index in [-0.39, 0.29) is 0 Å². The van der Waals surface area contributed by atoms with Crippen LogP contribution in [0.4, 0.5) is 23.7 Å². The van der Waals surface area contributed by atoms with Crippen LogP contribution in [0.1, 0.15) is 11.1 Å². The van der Waals surface area contributed by atoms with Crippen LogP contribution in [0.15, 0.2) is 18.2 Å². The number of benzene rings is 1. The Bertz CT molecular complexity index is 416. The Balaban J connectivity index is 2.54. The molecule has 94 valence electrons. The molecule has 6 heteroatoms. The highest BCUT2D eigenvalue weighted by Gasteiger charge is 2.29. The van der Waals surface area contributed by atoms with Crippen molar-refractivity contribution in [3.8, 4) is 0 Å². The third-order valence-corrected chi connectivity index (χ3v) is 2.12. The van der Waals surface area contributed by atoms with E-state index in [0.717, 1.165) is 11.1 Å². The summed E-state index contributed by atoms with van der Waals surface area (Å²) in [5, 5.41) is 2.22. The van der Waals surface area contributed by atoms with Gasteiger partial charge in [-0.25, -0.2) is 4.79 Å². The fourth-order valence-electron chi connectivity index (χ4n) is 1.12. The quantitative estimate of drug-likeness (QED) is 0.869. The Labute approximate surface area is 96.6 Å². The molecule has 0 atom stereocenters. The van der Waals surface area contributed by atoms with Crippen molar-refractivity contribution in [1.29, 1.82) is 0 Å². The maximum Gasteiger partial charge on any atom is 0.422 e. The second kappa shape index (κ2) is 5.07. The van der Waals surface area contributed by atoms with E-state index in [9.17, 15) is 18.0 Å². The lowest BCUT2D eigenvalue weighted by Crippen LogP contribution is -2.23. The molecule has 0 radical (unpaired) electrons. The van der Waals surface area contributed by atoms with E-state index >= 15 is 0 Å². The fraction of sp³-hybridized carbons (Fsp3) is 0.364. The topological polar surface area (TPSA) is 38.3 Å². The average Bonchev–Trinajstić information content (AvgIpc) is 2.20. The Morgan fingerprint density at radius 3 is 2.47 bits per heavy atom. The molecule has 0 saturated carbocycles. The minimum atomic E-state index is -4.51. The molecular weight excluding hydrogens is 235 g/mol. The molecule has 0 heterocycles. The predicted molar refractivity (Wildman–Crippen MR) is 56.9 cm³/mol. The van der Waals surface area contributed by atoms with E-state index in [0.29, 0.717) is 5.69 Å². The lowest BCUT2D eigenvalue weighted by atomic mass is 10.1. The van der Waals surface area contributed by atoms with Crippen molar-refractivity contribution in [2.45, 2.75) is 20.0 Å². The van der Waals surface area contributed by atoms with Gasteiger partial charge in [0.1, 0.15) is 0 Å². The largest absolute Gasteiger partial charge is 0.440 e. The molecule has 1 aromatic rings. The lowest BCUT2D eigenvalue weighted by Gasteiger charge is -2.10. The van der Waals surface area contributed by atoms with Crippen molar-refractivity contribution >= 4 is 11.8 Å². The third-order valence-electron chi connectivity index (χ3n) is 2.12. The molecule has 3 nitrogen and oxygen atoms in total. The molecule has 0 spiro atoms. The fourth-order valence-corrected chi connectivity index (χ4v) is 1.12. The van der Waals surface area contributed by atoms with E-state index in [1.807, 2.05) is 13.8 Å². The highest BCUT2D eigenvalue weighted by molar-refractivity contribution is 5.84. The summed E-state index contributed by atoms with van der Waals surface area (Å²) in [6.07, 6.45) is -5.63. The maximum atomic E-state index is 11.8. The number of rotatable bonds is 2. The van der Waals surface area contributed by atoms with Gasteiger partial charge in [0.2, 0.25) is 0 Å². The number of aryl methyl sites for hydroxylation is 2. The van der Waals surface area contributed by atoms with Crippen molar-refractivity contribution in [2.24, 2.45) is 0 Å². The smallest absolute Gasteiger partial charge is 0.422 e. The first-order valence-electron chi connectivity index (χ1n) is 4.86. The predicted octanol–water partition coefficient (Wildman–Crippen LogP) is 3.41. The minimum Gasteiger partial charge on any atom is -0.440 e. The third kappa shape index (κ3) is 4.76. The van der Waals surface area contributed by atoms with E-state index in [4.69, 9.17) is 0 Å². The van der Waals surface area contributed by atoms with Gasteiger partial charge in [-0.05, 0) is 37.1 Å². The number of amides is 1. The molecule has 1 N–H and O–H groups in total. The normalized spacial score (nSPS) is 11.1. The lowest BCUT2D eigenvalue weighted by molar-refractivity contribution is -0.159. The molecule has 0 fully saturated rings. The van der Waals surface area contributed by atoms with Crippen molar-refractivity contribution in [2.75, 3.05) is 11.9 Å². The van der Waals surface area contributed by atoms with Gasteiger partial charge in [0.05, 0.1) is 0 Å². The monoisotopic (exact) mass is 247 g/mol. The summed E-state index contributed by atoms with van der Waals surface area (Å²) >= 11 is 0. The van der Waals surface area contributed by atoms with Gasteiger partial charge in [0.15, 0.2) is 6.61 Å². The van der Waals surface area contributed by atoms with Gasteiger partial charge in [-0.3, -0.25) is 5.32 Å². The van der Waals surface area contributed by atoms with Crippen LogP contribution < -0.4 is 5.32 Å². The molecular formula is C11H12F3NO2. The van der Waals surface area contributed by atoms with Gasteiger partial charge in [0.25, 0.3) is 0 Å². The molecule has 0 bridgehead atoms. The number of ether oxygens (including phenoxy) is 1. The van der Waals surface area contributed by atoms with Gasteiger partial charge >= 0.3 is 12.3 Å². The van der Waals surface area contributed by atoms with Crippen molar-refractivity contribution in [3.63, 3.8) is 0 Å². The number of halogens is 3. The molecule has 0 unspecified atom stereocenters. The summed E-state index contributed by atoms with van der Waals surface area (Å²) < 4.78 is 39.3. The van der Waals surface area contributed by atoms with Crippen LogP contribution in [-0.4, -0.2) is 18.9 Å². The van der Waals surface area contributed by atoms with Crippen LogP contribution in [0.2, 0.25) is 0 Å². The van der Waals surface area contributed by atoms with Crippen LogP contribution >= 0.6 is 0 Å². The second-order valence-electron chi connectivity index (χ2n) is 3.62. The Morgan fingerprint density at radius 2 is 1.94 bits per heavy atom. The highest BCUT2D eigenvalue weighted by Crippen LogP contribution is 2.16. The summed E-state index contributed by atoms with van der Waals surface area (Å²) in [7, 11) is 0. The summed E-state index contributed by atoms with van der Waals surface area (Å²) in [5.41, 5.74) is 2.36. The Morgan fingerprint density at radius 1 is 1.29 bits per heavy atom. The summed E-state index contributed by atoms with van der Waals surface area (Å²) in [6, 6.07) is 5.01. The number of nitrogens with one attached hydrogen (secondary N) is 1. The molecule has 0 aliphatic heterocycles. The molecule has 0 aliphatic rings. The summed E-state index contributed by atoms with van der Waals surface area (Å²) in [6.45, 7) is 2.13. The molecule has 0 aliphatic carbocycles. The van der Waals surface area contributed by atoms with E-state index < -0.39 is 18.9 Å². The zero-order valence-corrected chi connectivity index (χ0v) is 9.39. The summed E-state index contributed by atoms with van der Waals surface area (Å²) in [5.74, 6) is 0. The van der Waals surface area contributed by atoms with E-state index in [1.165, 1.54) is 0 Å². The van der Waals surface area contributed by atoms with Crippen molar-refractivity contribution in [1.82, 2.24) is 0 Å². The highest BCUT2D eigenvalue weighted by atomic mass is 19.4. The molecule has 0 saturated heterocycles. The number of carbonyl (C=O) groups excluding carboxylic acids is 1. The molecule has 0 aromatic heterocycles. The SMILES string of the molecule is Cc1ccc(NC(=O)OCC(F)(F)F)cc1C. The van der Waals surface area contributed by atoms with Crippen LogP contribution in [0, 0.1) is 13.8 Å². The molecule has 1 rings (SSSR count). The average molecular weight is 247 g/mol. The van der Waals surface area contributed by atoms with E-state index in [2.05, 4.69) is 10.1 Å². The van der Waals surface area contributed by atoms with Gasteiger partial charge in [-0.2, -0.15) is 13.2 Å². The molecule has 1 aromatic carbocycles. The second-order valence-corrected chi connectivity index (χ2v) is 3.62. The first-order chi connectivity index (χ1) is 7.78. The van der Waals surface area contributed by atoms with Crippen molar-refractivity contribution in [3.05, 3.63) is 29.3 Å². The zero-order chi connectivity index (χ0) is 13.1. The Hall–Kier alpha value is -1.72. The van der Waals surface area contributed by atoms with Crippen LogP contribution in [-0.2, 0) is 4.74 Å². The van der Waals surface area contributed by atoms with E-state index in [1.54, 1.807) is 18.2 Å². The van der Waals surface area contributed by atoms with Crippen molar-refractivity contribution < 1.29 is 22.7 Å². The van der Waals surface area contributed by atoms with Crippen LogP contribution in [0.5, 0.6) is 0 Å². The minimum absolute atomic E-state index is 0.403. The van der Waals surface area contributed by atoms with Gasteiger partial charge < -0.3 is 4.74 Å². The number of hydrogen-bond acceptors (Lipinski definition) is 2. The maximum absolute atomic E-state index is 11.8. The Kier molecular flexibility index (Phi) is 3.98. The number of anilines is 1. The molecule has 1 amide bonds. The van der Waals surface area contributed by atoms with Gasteiger partial charge in [0, 0.05) is 5.69 Å². The molecule has 17 heavy (non-hydrogen) atoms. The number of carbonyl (C=O) groups is 1.